The van der Waals surface area contributed by atoms with Crippen molar-refractivity contribution in [2.45, 2.75) is 70.4 Å². The van der Waals surface area contributed by atoms with Crippen molar-refractivity contribution in [3.05, 3.63) is 30.1 Å². The van der Waals surface area contributed by atoms with Gasteiger partial charge < -0.3 is 10.6 Å². The second-order valence-corrected chi connectivity index (χ2v) is 8.20. The minimum Gasteiger partial charge on any atom is -0.356 e. The molecule has 1 unspecified atom stereocenters. The lowest BCUT2D eigenvalue weighted by atomic mass is 9.93. The number of rotatable bonds is 4. The maximum absolute atomic E-state index is 12.8. The van der Waals surface area contributed by atoms with E-state index in [2.05, 4.69) is 20.5 Å². The normalized spacial score (nSPS) is 23.4. The van der Waals surface area contributed by atoms with Crippen LogP contribution < -0.4 is 10.6 Å². The summed E-state index contributed by atoms with van der Waals surface area (Å²) in [6.45, 7) is 3.05. The highest BCUT2D eigenvalue weighted by molar-refractivity contribution is 5.79. The van der Waals surface area contributed by atoms with E-state index in [1.807, 2.05) is 12.1 Å². The fourth-order valence-electron chi connectivity index (χ4n) is 4.28. The number of hydrogen-bond acceptors (Lipinski definition) is 4. The first-order valence-corrected chi connectivity index (χ1v) is 10.9. The van der Waals surface area contributed by atoms with Crippen molar-refractivity contribution in [1.29, 1.82) is 0 Å². The van der Waals surface area contributed by atoms with Crippen LogP contribution in [0.15, 0.2) is 24.5 Å². The van der Waals surface area contributed by atoms with Crippen LogP contribution in [0.2, 0.25) is 0 Å². The summed E-state index contributed by atoms with van der Waals surface area (Å²) in [4.78, 5) is 31.4. The third-order valence-electron chi connectivity index (χ3n) is 5.97. The van der Waals surface area contributed by atoms with Crippen LogP contribution in [0.4, 0.5) is 0 Å². The van der Waals surface area contributed by atoms with Crippen LogP contribution in [-0.2, 0) is 16.1 Å². The Morgan fingerprint density at radius 1 is 1.07 bits per heavy atom. The molecule has 1 aromatic rings. The number of nitrogens with zero attached hydrogens (tertiary/aromatic N) is 2. The van der Waals surface area contributed by atoms with Gasteiger partial charge in [0, 0.05) is 50.4 Å². The second-order valence-electron chi connectivity index (χ2n) is 8.20. The van der Waals surface area contributed by atoms with Gasteiger partial charge in [0.25, 0.3) is 0 Å². The molecule has 1 saturated heterocycles. The molecule has 154 valence electrons. The molecule has 0 bridgehead atoms. The molecule has 0 spiro atoms. The van der Waals surface area contributed by atoms with Crippen LogP contribution in [0.1, 0.15) is 63.4 Å². The van der Waals surface area contributed by atoms with Gasteiger partial charge in [-0.25, -0.2) is 0 Å². The Morgan fingerprint density at radius 3 is 2.64 bits per heavy atom. The minimum absolute atomic E-state index is 0.0110. The molecule has 1 aliphatic heterocycles. The number of amides is 2. The Bertz CT molecular complexity index is 616. The molecule has 2 heterocycles. The molecule has 28 heavy (non-hydrogen) atoms. The molecule has 0 aromatic carbocycles. The van der Waals surface area contributed by atoms with Crippen LogP contribution in [0.25, 0.3) is 0 Å². The monoisotopic (exact) mass is 386 g/mol. The van der Waals surface area contributed by atoms with Gasteiger partial charge in [0.1, 0.15) is 0 Å². The van der Waals surface area contributed by atoms with E-state index >= 15 is 0 Å². The highest BCUT2D eigenvalue weighted by atomic mass is 16.2. The van der Waals surface area contributed by atoms with Gasteiger partial charge in [-0.05, 0) is 56.3 Å². The second kappa shape index (κ2) is 11.1. The Balaban J connectivity index is 1.55. The Morgan fingerprint density at radius 2 is 1.86 bits per heavy atom. The van der Waals surface area contributed by atoms with Gasteiger partial charge in [0.2, 0.25) is 11.8 Å². The molecule has 2 fully saturated rings. The summed E-state index contributed by atoms with van der Waals surface area (Å²) in [5.74, 6) is 0.247. The zero-order valence-corrected chi connectivity index (χ0v) is 16.9. The fourth-order valence-corrected chi connectivity index (χ4v) is 4.28. The third kappa shape index (κ3) is 6.89. The average Bonchev–Trinajstić information content (AvgIpc) is 2.75. The molecular formula is C22H34N4O2. The van der Waals surface area contributed by atoms with Gasteiger partial charge in [-0.2, -0.15) is 0 Å². The highest BCUT2D eigenvalue weighted by Crippen LogP contribution is 2.20. The van der Waals surface area contributed by atoms with E-state index in [1.54, 1.807) is 12.4 Å². The first-order valence-electron chi connectivity index (χ1n) is 10.9. The maximum atomic E-state index is 12.8. The Hall–Kier alpha value is -1.95. The van der Waals surface area contributed by atoms with Gasteiger partial charge in [0.15, 0.2) is 0 Å². The van der Waals surface area contributed by atoms with Crippen LogP contribution in [-0.4, -0.2) is 47.4 Å². The predicted molar refractivity (Wildman–Crippen MR) is 109 cm³/mol. The number of nitrogens with one attached hydrogen (secondary N) is 2. The average molecular weight is 387 g/mol. The summed E-state index contributed by atoms with van der Waals surface area (Å²) < 4.78 is 0. The topological polar surface area (TPSA) is 74.3 Å². The molecule has 1 saturated carbocycles. The zero-order valence-electron chi connectivity index (χ0n) is 16.9. The van der Waals surface area contributed by atoms with Gasteiger partial charge in [0.05, 0.1) is 0 Å². The lowest BCUT2D eigenvalue weighted by Gasteiger charge is -2.26. The number of carbonyl (C=O) groups is 2. The van der Waals surface area contributed by atoms with Gasteiger partial charge in [-0.1, -0.05) is 19.3 Å². The highest BCUT2D eigenvalue weighted by Gasteiger charge is 2.23. The third-order valence-corrected chi connectivity index (χ3v) is 5.97. The summed E-state index contributed by atoms with van der Waals surface area (Å²) in [5, 5.41) is 6.28. The molecule has 1 atom stereocenters. The molecular weight excluding hydrogens is 352 g/mol. The SMILES string of the molecule is O=C1CCN(Cc2ccncc2)CCCC(C(=O)NC2CCCCC2)CCN1. The van der Waals surface area contributed by atoms with E-state index in [0.29, 0.717) is 19.0 Å². The lowest BCUT2D eigenvalue weighted by Crippen LogP contribution is -2.41. The van der Waals surface area contributed by atoms with Crippen molar-refractivity contribution in [3.63, 3.8) is 0 Å². The molecule has 3 rings (SSSR count). The first kappa shape index (κ1) is 20.8. The van der Waals surface area contributed by atoms with E-state index in [0.717, 1.165) is 51.7 Å². The molecule has 0 radical (unpaired) electrons. The standard InChI is InChI=1S/C22H34N4O2/c27-21-11-16-26(17-18-8-12-23-13-9-18)15-4-5-19(10-14-24-21)22(28)25-20-6-2-1-3-7-20/h8-9,12-13,19-20H,1-7,10-11,14-17H2,(H,24,27)(H,25,28). The molecule has 1 aromatic heterocycles. The number of carbonyl (C=O) groups excluding carboxylic acids is 2. The van der Waals surface area contributed by atoms with Gasteiger partial charge in [-0.3, -0.25) is 19.5 Å². The maximum Gasteiger partial charge on any atom is 0.223 e. The molecule has 2 aliphatic rings. The van der Waals surface area contributed by atoms with E-state index < -0.39 is 0 Å². The Labute approximate surface area is 168 Å². The smallest absolute Gasteiger partial charge is 0.223 e. The van der Waals surface area contributed by atoms with Crippen molar-refractivity contribution in [3.8, 4) is 0 Å². The largest absolute Gasteiger partial charge is 0.356 e. The van der Waals surface area contributed by atoms with Crippen molar-refractivity contribution in [2.24, 2.45) is 5.92 Å². The summed E-state index contributed by atoms with van der Waals surface area (Å²) in [5.41, 5.74) is 1.21. The summed E-state index contributed by atoms with van der Waals surface area (Å²) in [6, 6.07) is 4.38. The van der Waals surface area contributed by atoms with E-state index in [-0.39, 0.29) is 17.7 Å². The van der Waals surface area contributed by atoms with Crippen molar-refractivity contribution in [2.75, 3.05) is 19.6 Å². The summed E-state index contributed by atoms with van der Waals surface area (Å²) in [7, 11) is 0. The zero-order chi connectivity index (χ0) is 19.6. The van der Waals surface area contributed by atoms with E-state index in [4.69, 9.17) is 0 Å². The molecule has 6 heteroatoms. The molecule has 6 nitrogen and oxygen atoms in total. The Kier molecular flexibility index (Phi) is 8.27. The van der Waals surface area contributed by atoms with Gasteiger partial charge in [-0.15, -0.1) is 0 Å². The lowest BCUT2D eigenvalue weighted by molar-refractivity contribution is -0.127. The van der Waals surface area contributed by atoms with Crippen LogP contribution in [0.3, 0.4) is 0 Å². The number of pyridine rings is 1. The predicted octanol–water partition coefficient (Wildman–Crippen LogP) is 2.64. The van der Waals surface area contributed by atoms with E-state index in [9.17, 15) is 9.59 Å². The first-order chi connectivity index (χ1) is 13.7. The van der Waals surface area contributed by atoms with Crippen molar-refractivity contribution < 1.29 is 9.59 Å². The summed E-state index contributed by atoms with van der Waals surface area (Å²) >= 11 is 0. The molecule has 1 aliphatic carbocycles. The van der Waals surface area contributed by atoms with Crippen LogP contribution in [0, 0.1) is 5.92 Å². The summed E-state index contributed by atoms with van der Waals surface area (Å²) in [6.07, 6.45) is 12.6. The quantitative estimate of drug-likeness (QED) is 0.834. The van der Waals surface area contributed by atoms with Crippen LogP contribution in [0.5, 0.6) is 0 Å². The number of hydrogen-bond donors (Lipinski definition) is 2. The van der Waals surface area contributed by atoms with Crippen LogP contribution >= 0.6 is 0 Å². The van der Waals surface area contributed by atoms with E-state index in [1.165, 1.54) is 24.8 Å². The van der Waals surface area contributed by atoms with Crippen molar-refractivity contribution in [1.82, 2.24) is 20.5 Å². The molecule has 2 N–H and O–H groups in total. The molecule has 2 amide bonds. The number of aromatic nitrogens is 1. The van der Waals surface area contributed by atoms with Crippen molar-refractivity contribution >= 4 is 11.8 Å². The minimum atomic E-state index is -0.0110. The van der Waals surface area contributed by atoms with Gasteiger partial charge >= 0.3 is 0 Å². The fraction of sp³-hybridized carbons (Fsp3) is 0.682.